The summed E-state index contributed by atoms with van der Waals surface area (Å²) in [6.45, 7) is 0. The molecule has 0 saturated carbocycles. The number of anilines is 3. The van der Waals surface area contributed by atoms with E-state index in [1.807, 2.05) is 6.07 Å². The molecule has 0 spiro atoms. The first-order chi connectivity index (χ1) is 26.8. The van der Waals surface area contributed by atoms with Crippen LogP contribution in [0.25, 0.3) is 77.2 Å². The molecule has 0 amide bonds. The maximum atomic E-state index is 6.71. The summed E-state index contributed by atoms with van der Waals surface area (Å²) in [6.07, 6.45) is 0. The van der Waals surface area contributed by atoms with Gasteiger partial charge in [0.05, 0.1) is 5.69 Å². The quantitative estimate of drug-likeness (QED) is 0.155. The molecule has 0 radical (unpaired) electrons. The fraction of sp³-hybridized carbons (Fsp3) is 0. The molecular formula is C52H35NO. The lowest BCUT2D eigenvalue weighted by molar-refractivity contribution is 0.632. The van der Waals surface area contributed by atoms with E-state index in [4.69, 9.17) is 4.42 Å². The van der Waals surface area contributed by atoms with Crippen molar-refractivity contribution in [3.63, 3.8) is 0 Å². The fourth-order valence-electron chi connectivity index (χ4n) is 7.97. The Bertz CT molecular complexity index is 2920. The highest BCUT2D eigenvalue weighted by Gasteiger charge is 2.21. The molecule has 2 heteroatoms. The van der Waals surface area contributed by atoms with Crippen LogP contribution in [0, 0.1) is 0 Å². The van der Waals surface area contributed by atoms with Gasteiger partial charge in [-0.15, -0.1) is 0 Å². The molecule has 0 aliphatic heterocycles. The molecule has 254 valence electrons. The average Bonchev–Trinajstić information content (AvgIpc) is 3.65. The smallest absolute Gasteiger partial charge is 0.143 e. The van der Waals surface area contributed by atoms with E-state index in [0.717, 1.165) is 50.5 Å². The molecule has 0 bridgehead atoms. The first-order valence-electron chi connectivity index (χ1n) is 18.4. The lowest BCUT2D eigenvalue weighted by Gasteiger charge is -2.28. The molecule has 1 aromatic heterocycles. The zero-order valence-electron chi connectivity index (χ0n) is 29.6. The summed E-state index contributed by atoms with van der Waals surface area (Å²) in [4.78, 5) is 2.40. The summed E-state index contributed by atoms with van der Waals surface area (Å²) < 4.78 is 6.71. The van der Waals surface area contributed by atoms with Crippen molar-refractivity contribution in [1.82, 2.24) is 0 Å². The molecule has 0 aliphatic carbocycles. The molecule has 0 aliphatic rings. The molecule has 0 fully saturated rings. The van der Waals surface area contributed by atoms with Crippen molar-refractivity contribution in [1.29, 1.82) is 0 Å². The van der Waals surface area contributed by atoms with E-state index in [0.29, 0.717) is 0 Å². The van der Waals surface area contributed by atoms with Gasteiger partial charge in [-0.2, -0.15) is 0 Å². The lowest BCUT2D eigenvalue weighted by atomic mass is 9.94. The van der Waals surface area contributed by atoms with Gasteiger partial charge >= 0.3 is 0 Å². The van der Waals surface area contributed by atoms with Crippen LogP contribution in [0.1, 0.15) is 0 Å². The van der Waals surface area contributed by atoms with Gasteiger partial charge in [0.1, 0.15) is 11.3 Å². The summed E-state index contributed by atoms with van der Waals surface area (Å²) in [6, 6.07) is 75.7. The maximum Gasteiger partial charge on any atom is 0.143 e. The predicted octanol–water partition coefficient (Wildman–Crippen LogP) is 14.9. The van der Waals surface area contributed by atoms with Crippen molar-refractivity contribution >= 4 is 49.6 Å². The molecule has 10 rings (SSSR count). The third kappa shape index (κ3) is 5.53. The number of nitrogens with zero attached hydrogens (tertiary/aromatic N) is 1. The molecule has 9 aromatic carbocycles. The van der Waals surface area contributed by atoms with Crippen LogP contribution in [-0.2, 0) is 0 Å². The average molecular weight is 690 g/mol. The minimum Gasteiger partial charge on any atom is -0.455 e. The SMILES string of the molecule is c1ccc(-c2ccccc2-c2ccc(N(c3cccc(-c4oc5ccccc5c4-c4ccccc4)c3)c3cc4ccccc4c4ccccc34)cc2)cc1. The molecule has 10 aromatic rings. The predicted molar refractivity (Wildman–Crippen MR) is 228 cm³/mol. The van der Waals surface area contributed by atoms with E-state index in [9.17, 15) is 0 Å². The molecule has 0 N–H and O–H groups in total. The monoisotopic (exact) mass is 689 g/mol. The minimum atomic E-state index is 0.862. The van der Waals surface area contributed by atoms with E-state index in [1.165, 1.54) is 43.8 Å². The third-order valence-corrected chi connectivity index (χ3v) is 10.5. The van der Waals surface area contributed by atoms with Crippen LogP contribution in [0.3, 0.4) is 0 Å². The van der Waals surface area contributed by atoms with Gasteiger partial charge in [0.15, 0.2) is 0 Å². The largest absolute Gasteiger partial charge is 0.455 e. The first-order valence-corrected chi connectivity index (χ1v) is 18.4. The van der Waals surface area contributed by atoms with Gasteiger partial charge in [0.2, 0.25) is 0 Å². The normalized spacial score (nSPS) is 11.3. The second-order valence-corrected chi connectivity index (χ2v) is 13.7. The Hall–Kier alpha value is -7.16. The second kappa shape index (κ2) is 13.4. The van der Waals surface area contributed by atoms with E-state index in [1.54, 1.807) is 0 Å². The van der Waals surface area contributed by atoms with Gasteiger partial charge in [-0.25, -0.2) is 0 Å². The Labute approximate surface area is 314 Å². The number of rotatable bonds is 7. The highest BCUT2D eigenvalue weighted by Crippen LogP contribution is 2.46. The molecular weight excluding hydrogens is 655 g/mol. The zero-order valence-corrected chi connectivity index (χ0v) is 29.6. The van der Waals surface area contributed by atoms with E-state index in [-0.39, 0.29) is 0 Å². The van der Waals surface area contributed by atoms with Gasteiger partial charge in [0.25, 0.3) is 0 Å². The second-order valence-electron chi connectivity index (χ2n) is 13.7. The Morgan fingerprint density at radius 3 is 1.63 bits per heavy atom. The van der Waals surface area contributed by atoms with E-state index in [2.05, 4.69) is 211 Å². The highest BCUT2D eigenvalue weighted by atomic mass is 16.3. The summed E-state index contributed by atoms with van der Waals surface area (Å²) in [5.41, 5.74) is 12.2. The van der Waals surface area contributed by atoms with Gasteiger partial charge in [0, 0.05) is 33.3 Å². The number of hydrogen-bond acceptors (Lipinski definition) is 2. The van der Waals surface area contributed by atoms with Crippen molar-refractivity contribution in [2.75, 3.05) is 4.90 Å². The topological polar surface area (TPSA) is 16.4 Å². The van der Waals surface area contributed by atoms with Crippen molar-refractivity contribution < 1.29 is 4.42 Å². The Morgan fingerprint density at radius 1 is 0.333 bits per heavy atom. The molecule has 0 saturated heterocycles. The Morgan fingerprint density at radius 2 is 0.889 bits per heavy atom. The molecule has 0 unspecified atom stereocenters. The van der Waals surface area contributed by atoms with Crippen molar-refractivity contribution in [2.24, 2.45) is 0 Å². The number of furan rings is 1. The summed E-state index contributed by atoms with van der Waals surface area (Å²) in [5.74, 6) is 0.862. The molecule has 0 atom stereocenters. The number of fused-ring (bicyclic) bond motifs is 4. The third-order valence-electron chi connectivity index (χ3n) is 10.5. The van der Waals surface area contributed by atoms with Gasteiger partial charge in [-0.05, 0) is 80.4 Å². The van der Waals surface area contributed by atoms with Crippen LogP contribution in [0.15, 0.2) is 217 Å². The van der Waals surface area contributed by atoms with Crippen LogP contribution in [0.4, 0.5) is 17.1 Å². The Balaban J connectivity index is 1.17. The number of benzene rings is 9. The van der Waals surface area contributed by atoms with Gasteiger partial charge < -0.3 is 9.32 Å². The van der Waals surface area contributed by atoms with E-state index < -0.39 is 0 Å². The number of hydrogen-bond donors (Lipinski definition) is 0. The standard InChI is InChI=1S/C52H35NO/c1-3-16-36(17-4-1)43-23-9-10-24-44(43)37-30-32-41(33-31-37)53(49-35-39-20-7-8-25-45(39)46-26-11-12-27-47(46)49)42-22-15-21-40(34-42)52-51(38-18-5-2-6-19-38)48-28-13-14-29-50(48)54-52/h1-35H. The summed E-state index contributed by atoms with van der Waals surface area (Å²) in [5, 5.41) is 5.96. The minimum absolute atomic E-state index is 0.862. The van der Waals surface area contributed by atoms with Crippen LogP contribution in [0.2, 0.25) is 0 Å². The van der Waals surface area contributed by atoms with Crippen LogP contribution in [-0.4, -0.2) is 0 Å². The zero-order chi connectivity index (χ0) is 35.8. The van der Waals surface area contributed by atoms with Gasteiger partial charge in [-0.3, -0.25) is 0 Å². The molecule has 2 nitrogen and oxygen atoms in total. The van der Waals surface area contributed by atoms with Crippen LogP contribution < -0.4 is 4.90 Å². The molecule has 1 heterocycles. The summed E-state index contributed by atoms with van der Waals surface area (Å²) in [7, 11) is 0. The van der Waals surface area contributed by atoms with Crippen molar-refractivity contribution in [3.8, 4) is 44.7 Å². The molecule has 54 heavy (non-hydrogen) atoms. The summed E-state index contributed by atoms with van der Waals surface area (Å²) >= 11 is 0. The highest BCUT2D eigenvalue weighted by molar-refractivity contribution is 6.14. The fourth-order valence-corrected chi connectivity index (χ4v) is 7.97. The van der Waals surface area contributed by atoms with Crippen molar-refractivity contribution in [2.45, 2.75) is 0 Å². The maximum absolute atomic E-state index is 6.71. The van der Waals surface area contributed by atoms with E-state index >= 15 is 0 Å². The Kier molecular flexibility index (Phi) is 7.85. The number of para-hydroxylation sites is 1. The van der Waals surface area contributed by atoms with Crippen LogP contribution in [0.5, 0.6) is 0 Å². The van der Waals surface area contributed by atoms with Gasteiger partial charge in [-0.1, -0.05) is 176 Å². The first kappa shape index (κ1) is 31.6. The van der Waals surface area contributed by atoms with Crippen LogP contribution >= 0.6 is 0 Å². The van der Waals surface area contributed by atoms with Crippen molar-refractivity contribution in [3.05, 3.63) is 212 Å². The lowest BCUT2D eigenvalue weighted by Crippen LogP contribution is -2.11.